The summed E-state index contributed by atoms with van der Waals surface area (Å²) in [5, 5.41) is 0. The van der Waals surface area contributed by atoms with E-state index in [1.807, 2.05) is 0 Å². The Morgan fingerprint density at radius 2 is 2.15 bits per heavy atom. The van der Waals surface area contributed by atoms with Gasteiger partial charge in [-0.25, -0.2) is 0 Å². The number of rotatable bonds is 1. The molecule has 13 heavy (non-hydrogen) atoms. The molecule has 0 unspecified atom stereocenters. The summed E-state index contributed by atoms with van der Waals surface area (Å²) in [7, 11) is 0. The van der Waals surface area contributed by atoms with E-state index in [0.29, 0.717) is 0 Å². The molecular formula is C12H15Zr. The second kappa shape index (κ2) is 3.54. The SMILES string of the molecule is CC1=C(C)C(C2=CC=CC2)=[C]([Zr+2])C1.[H-].[H-]. The molecule has 0 atom stereocenters. The minimum absolute atomic E-state index is 0. The molecule has 0 aromatic heterocycles. The smallest absolute Gasteiger partial charge is 1.00 e. The molecule has 2 aliphatic rings. The van der Waals surface area contributed by atoms with Crippen LogP contribution in [0.5, 0.6) is 0 Å². The van der Waals surface area contributed by atoms with Gasteiger partial charge in [0.25, 0.3) is 0 Å². The van der Waals surface area contributed by atoms with Crippen LogP contribution in [0.3, 0.4) is 0 Å². The second-order valence-corrected chi connectivity index (χ2v) is 5.24. The summed E-state index contributed by atoms with van der Waals surface area (Å²) in [5.41, 5.74) is 6.19. The van der Waals surface area contributed by atoms with Crippen molar-refractivity contribution in [2.24, 2.45) is 0 Å². The normalized spacial score (nSPS) is 22.0. The van der Waals surface area contributed by atoms with Gasteiger partial charge in [-0.3, -0.25) is 0 Å². The molecule has 0 N–H and O–H groups in total. The van der Waals surface area contributed by atoms with Crippen LogP contribution in [0.4, 0.5) is 0 Å². The predicted octanol–water partition coefficient (Wildman–Crippen LogP) is 3.64. The number of hydrogen-bond acceptors (Lipinski definition) is 0. The van der Waals surface area contributed by atoms with Crippen molar-refractivity contribution in [1.82, 2.24) is 0 Å². The summed E-state index contributed by atoms with van der Waals surface area (Å²) in [6.45, 7) is 4.52. The molecule has 0 saturated carbocycles. The van der Waals surface area contributed by atoms with Gasteiger partial charge >= 0.3 is 95.2 Å². The molecular weight excluding hydrogens is 235 g/mol. The Bertz CT molecular complexity index is 373. The molecule has 0 aliphatic heterocycles. The summed E-state index contributed by atoms with van der Waals surface area (Å²) in [6.07, 6.45) is 9.04. The topological polar surface area (TPSA) is 0 Å². The van der Waals surface area contributed by atoms with E-state index in [1.54, 1.807) is 39.1 Å². The van der Waals surface area contributed by atoms with Crippen LogP contribution in [0.1, 0.15) is 29.5 Å². The van der Waals surface area contributed by atoms with Crippen LogP contribution in [0, 0.1) is 0 Å². The van der Waals surface area contributed by atoms with Crippen LogP contribution in [-0.4, -0.2) is 0 Å². The van der Waals surface area contributed by atoms with Crippen molar-refractivity contribution in [2.45, 2.75) is 26.7 Å². The minimum atomic E-state index is 0. The average Bonchev–Trinajstić information content (AvgIpc) is 2.63. The molecule has 0 aromatic carbocycles. The third kappa shape index (κ3) is 1.59. The van der Waals surface area contributed by atoms with Gasteiger partial charge in [-0.2, -0.15) is 0 Å². The van der Waals surface area contributed by atoms with E-state index in [-0.39, 0.29) is 2.85 Å². The van der Waals surface area contributed by atoms with Crippen LogP contribution >= 0.6 is 0 Å². The summed E-state index contributed by atoms with van der Waals surface area (Å²) in [4.78, 5) is 0. The van der Waals surface area contributed by atoms with E-state index in [1.165, 1.54) is 17.6 Å². The van der Waals surface area contributed by atoms with E-state index in [9.17, 15) is 0 Å². The fourth-order valence-electron chi connectivity index (χ4n) is 1.99. The zero-order chi connectivity index (χ0) is 9.42. The fraction of sp³-hybridized carbons (Fsp3) is 0.333. The first-order chi connectivity index (χ1) is 6.20. The van der Waals surface area contributed by atoms with Crippen molar-refractivity contribution in [3.63, 3.8) is 0 Å². The van der Waals surface area contributed by atoms with Crippen LogP contribution in [0.2, 0.25) is 0 Å². The Balaban J connectivity index is 0.000000980. The van der Waals surface area contributed by atoms with Crippen LogP contribution in [0.15, 0.2) is 43.8 Å². The summed E-state index contributed by atoms with van der Waals surface area (Å²) < 4.78 is 1.64. The molecule has 0 heterocycles. The number of hydrogen-bond donors (Lipinski definition) is 0. The summed E-state index contributed by atoms with van der Waals surface area (Å²) >= 11 is 1.58. The van der Waals surface area contributed by atoms with E-state index in [4.69, 9.17) is 0 Å². The average molecular weight is 250 g/mol. The van der Waals surface area contributed by atoms with Crippen LogP contribution in [-0.2, 0) is 24.7 Å². The van der Waals surface area contributed by atoms with Gasteiger partial charge in [-0.1, -0.05) is 0 Å². The maximum Gasteiger partial charge on any atom is -1.00 e. The molecule has 0 fully saturated rings. The van der Waals surface area contributed by atoms with Crippen molar-refractivity contribution < 1.29 is 27.6 Å². The molecule has 0 amide bonds. The quantitative estimate of drug-likeness (QED) is 0.666. The Hall–Kier alpha value is -0.157. The summed E-state index contributed by atoms with van der Waals surface area (Å²) in [6, 6.07) is 0. The molecule has 2 rings (SSSR count). The molecule has 0 aromatic rings. The third-order valence-electron chi connectivity index (χ3n) is 2.85. The van der Waals surface area contributed by atoms with Gasteiger partial charge in [0.05, 0.1) is 0 Å². The monoisotopic (exact) mass is 249 g/mol. The Labute approximate surface area is 97.9 Å². The van der Waals surface area contributed by atoms with Gasteiger partial charge in [0.2, 0.25) is 0 Å². The molecule has 0 bridgehead atoms. The van der Waals surface area contributed by atoms with E-state index in [0.717, 1.165) is 6.42 Å². The van der Waals surface area contributed by atoms with Gasteiger partial charge in [-0.15, -0.1) is 0 Å². The molecule has 67 valence electrons. The van der Waals surface area contributed by atoms with E-state index < -0.39 is 0 Å². The molecule has 0 radical (unpaired) electrons. The van der Waals surface area contributed by atoms with E-state index in [2.05, 4.69) is 32.1 Å². The van der Waals surface area contributed by atoms with Gasteiger partial charge in [0, 0.05) is 0 Å². The van der Waals surface area contributed by atoms with Gasteiger partial charge < -0.3 is 2.85 Å². The van der Waals surface area contributed by atoms with Gasteiger partial charge in [0.1, 0.15) is 0 Å². The van der Waals surface area contributed by atoms with Gasteiger partial charge in [0.15, 0.2) is 0 Å². The first-order valence-corrected chi connectivity index (χ1v) is 5.90. The Morgan fingerprint density at radius 1 is 1.38 bits per heavy atom. The molecule has 0 nitrogen and oxygen atoms in total. The van der Waals surface area contributed by atoms with Crippen LogP contribution < -0.4 is 0 Å². The molecule has 2 aliphatic carbocycles. The fourth-order valence-corrected chi connectivity index (χ4v) is 3.50. The first-order valence-electron chi connectivity index (χ1n) is 4.67. The summed E-state index contributed by atoms with van der Waals surface area (Å²) in [5.74, 6) is 0. The minimum Gasteiger partial charge on any atom is -1.00 e. The zero-order valence-electron chi connectivity index (χ0n) is 10.1. The van der Waals surface area contributed by atoms with Crippen molar-refractivity contribution in [3.8, 4) is 0 Å². The van der Waals surface area contributed by atoms with Gasteiger partial charge in [-0.05, 0) is 0 Å². The number of allylic oxidation sites excluding steroid dienone is 8. The van der Waals surface area contributed by atoms with Crippen molar-refractivity contribution in [2.75, 3.05) is 0 Å². The second-order valence-electron chi connectivity index (χ2n) is 3.76. The van der Waals surface area contributed by atoms with Crippen molar-refractivity contribution in [3.05, 3.63) is 43.8 Å². The maximum absolute atomic E-state index is 2.27. The first kappa shape index (κ1) is 9.40. The zero-order valence-corrected chi connectivity index (χ0v) is 10.6. The van der Waals surface area contributed by atoms with Crippen molar-refractivity contribution >= 4 is 0 Å². The van der Waals surface area contributed by atoms with E-state index >= 15 is 0 Å². The van der Waals surface area contributed by atoms with Crippen LogP contribution in [0.25, 0.3) is 0 Å². The maximum atomic E-state index is 2.27. The Kier molecular flexibility index (Phi) is 2.56. The molecule has 0 spiro atoms. The third-order valence-corrected chi connectivity index (χ3v) is 3.90. The predicted molar refractivity (Wildman–Crippen MR) is 54.1 cm³/mol. The Morgan fingerprint density at radius 3 is 2.62 bits per heavy atom. The molecule has 0 saturated heterocycles. The van der Waals surface area contributed by atoms with Crippen molar-refractivity contribution in [1.29, 1.82) is 0 Å². The molecule has 1 heteroatoms. The standard InChI is InChI=1S/C12H13.Zr.2H/c1-9-7-8-12(10(9)2)11-5-3-4-6-11;;;/h3-5H,6-7H2,1-2H3;;;/q;+2;2*-1. The largest absolute Gasteiger partial charge is 1.00 e.